The fraction of sp³-hybridized carbons (Fsp3) is 0.150. The molecule has 7 heteroatoms. The van der Waals surface area contributed by atoms with E-state index < -0.39 is 24.3 Å². The van der Waals surface area contributed by atoms with Gasteiger partial charge in [-0.1, -0.05) is 18.2 Å². The van der Waals surface area contributed by atoms with Crippen LogP contribution in [-0.2, 0) is 9.59 Å². The lowest BCUT2D eigenvalue weighted by molar-refractivity contribution is -0.141. The summed E-state index contributed by atoms with van der Waals surface area (Å²) in [6, 6.07) is 11.7. The molecule has 1 aliphatic heterocycles. The molecule has 1 N–H and O–H groups in total. The van der Waals surface area contributed by atoms with Crippen LogP contribution >= 0.6 is 0 Å². The number of carbonyl (C=O) groups excluding carboxylic acids is 2. The Kier molecular flexibility index (Phi) is 4.94. The van der Waals surface area contributed by atoms with Gasteiger partial charge in [0, 0.05) is 22.8 Å². The number of carboxylic acid groups (broad SMARTS) is 1. The summed E-state index contributed by atoms with van der Waals surface area (Å²) in [7, 11) is 3.02. The van der Waals surface area contributed by atoms with Gasteiger partial charge in [-0.3, -0.25) is 19.3 Å². The SMILES string of the molecule is COc1ccc(/C=C2\C(=O)N(CC(=O)O)C(=O)c3ccccc32)c(OC)c1. The number of fused-ring (bicyclic) bond motifs is 1. The molecule has 0 radical (unpaired) electrons. The van der Waals surface area contributed by atoms with Gasteiger partial charge in [0.2, 0.25) is 0 Å². The van der Waals surface area contributed by atoms with Crippen molar-refractivity contribution in [2.24, 2.45) is 0 Å². The number of rotatable bonds is 5. The van der Waals surface area contributed by atoms with Crippen LogP contribution in [0, 0.1) is 0 Å². The maximum Gasteiger partial charge on any atom is 0.323 e. The third-order valence-electron chi connectivity index (χ3n) is 4.20. The van der Waals surface area contributed by atoms with E-state index in [2.05, 4.69) is 0 Å². The molecule has 138 valence electrons. The first-order valence-corrected chi connectivity index (χ1v) is 8.07. The second kappa shape index (κ2) is 7.33. The van der Waals surface area contributed by atoms with Crippen molar-refractivity contribution in [2.45, 2.75) is 0 Å². The number of amides is 2. The molecule has 1 aliphatic rings. The van der Waals surface area contributed by atoms with Crippen LogP contribution in [0.5, 0.6) is 11.5 Å². The zero-order chi connectivity index (χ0) is 19.6. The molecule has 0 saturated heterocycles. The lowest BCUT2D eigenvalue weighted by atomic mass is 9.92. The van der Waals surface area contributed by atoms with E-state index in [1.807, 2.05) is 0 Å². The molecular formula is C20H17NO6. The van der Waals surface area contributed by atoms with Gasteiger partial charge in [0.15, 0.2) is 0 Å². The van der Waals surface area contributed by atoms with Crippen LogP contribution in [0.1, 0.15) is 21.5 Å². The predicted molar refractivity (Wildman–Crippen MR) is 97.5 cm³/mol. The van der Waals surface area contributed by atoms with Crippen molar-refractivity contribution in [2.75, 3.05) is 20.8 Å². The van der Waals surface area contributed by atoms with Gasteiger partial charge in [-0.15, -0.1) is 0 Å². The Hall–Kier alpha value is -3.61. The summed E-state index contributed by atoms with van der Waals surface area (Å²) in [5.41, 5.74) is 1.54. The highest BCUT2D eigenvalue weighted by molar-refractivity contribution is 6.34. The third-order valence-corrected chi connectivity index (χ3v) is 4.20. The minimum absolute atomic E-state index is 0.218. The fourth-order valence-corrected chi connectivity index (χ4v) is 2.91. The van der Waals surface area contributed by atoms with Crippen molar-refractivity contribution in [3.63, 3.8) is 0 Å². The highest BCUT2D eigenvalue weighted by Gasteiger charge is 2.35. The standard InChI is InChI=1S/C20H17NO6/c1-26-13-8-7-12(17(10-13)27-2)9-16-14-5-3-4-6-15(14)19(24)21(20(16)25)11-18(22)23/h3-10H,11H2,1-2H3,(H,22,23)/b16-9-. The fourth-order valence-electron chi connectivity index (χ4n) is 2.91. The van der Waals surface area contributed by atoms with E-state index in [1.54, 1.807) is 48.5 Å². The summed E-state index contributed by atoms with van der Waals surface area (Å²) in [5, 5.41) is 9.07. The van der Waals surface area contributed by atoms with E-state index in [1.165, 1.54) is 14.2 Å². The number of carboxylic acids is 1. The van der Waals surface area contributed by atoms with Crippen LogP contribution in [0.2, 0.25) is 0 Å². The lowest BCUT2D eigenvalue weighted by Crippen LogP contribution is -2.44. The van der Waals surface area contributed by atoms with Crippen LogP contribution < -0.4 is 9.47 Å². The van der Waals surface area contributed by atoms with Crippen molar-refractivity contribution >= 4 is 29.4 Å². The Morgan fingerprint density at radius 2 is 1.74 bits per heavy atom. The average Bonchev–Trinajstić information content (AvgIpc) is 2.68. The van der Waals surface area contributed by atoms with Crippen LogP contribution in [0.15, 0.2) is 42.5 Å². The van der Waals surface area contributed by atoms with Crippen molar-refractivity contribution in [1.29, 1.82) is 0 Å². The van der Waals surface area contributed by atoms with E-state index in [0.29, 0.717) is 22.6 Å². The second-order valence-corrected chi connectivity index (χ2v) is 5.80. The molecule has 2 amide bonds. The Labute approximate surface area is 155 Å². The van der Waals surface area contributed by atoms with Gasteiger partial charge >= 0.3 is 5.97 Å². The number of methoxy groups -OCH3 is 2. The summed E-state index contributed by atoms with van der Waals surface area (Å²) in [5.74, 6) is -1.49. The number of aliphatic carboxylic acids is 1. The molecule has 0 fully saturated rings. The molecule has 2 aromatic carbocycles. The summed E-state index contributed by atoms with van der Waals surface area (Å²) in [6.07, 6.45) is 1.58. The van der Waals surface area contributed by atoms with Crippen molar-refractivity contribution < 1.29 is 29.0 Å². The monoisotopic (exact) mass is 367 g/mol. The van der Waals surface area contributed by atoms with E-state index >= 15 is 0 Å². The first-order chi connectivity index (χ1) is 13.0. The third kappa shape index (κ3) is 3.39. The Bertz CT molecular complexity index is 963. The number of carbonyl (C=O) groups is 3. The zero-order valence-corrected chi connectivity index (χ0v) is 14.8. The molecule has 0 aromatic heterocycles. The van der Waals surface area contributed by atoms with E-state index in [0.717, 1.165) is 4.90 Å². The molecule has 0 unspecified atom stereocenters. The molecule has 0 aliphatic carbocycles. The summed E-state index contributed by atoms with van der Waals surface area (Å²) in [4.78, 5) is 37.2. The zero-order valence-electron chi connectivity index (χ0n) is 14.8. The van der Waals surface area contributed by atoms with E-state index in [9.17, 15) is 14.4 Å². The Balaban J connectivity index is 2.17. The molecule has 2 aromatic rings. The van der Waals surface area contributed by atoms with Crippen molar-refractivity contribution in [3.8, 4) is 11.5 Å². The molecule has 1 heterocycles. The molecule has 7 nitrogen and oxygen atoms in total. The highest BCUT2D eigenvalue weighted by atomic mass is 16.5. The number of benzene rings is 2. The number of hydrogen-bond donors (Lipinski definition) is 1. The lowest BCUT2D eigenvalue weighted by Gasteiger charge is -2.27. The number of ether oxygens (including phenoxy) is 2. The van der Waals surface area contributed by atoms with Crippen LogP contribution in [0.4, 0.5) is 0 Å². The first kappa shape index (κ1) is 18.2. The Morgan fingerprint density at radius 3 is 2.37 bits per heavy atom. The molecule has 27 heavy (non-hydrogen) atoms. The van der Waals surface area contributed by atoms with Crippen molar-refractivity contribution in [3.05, 3.63) is 59.2 Å². The van der Waals surface area contributed by atoms with Gasteiger partial charge in [0.25, 0.3) is 11.8 Å². The van der Waals surface area contributed by atoms with Crippen LogP contribution in [-0.4, -0.2) is 48.6 Å². The van der Waals surface area contributed by atoms with Gasteiger partial charge in [0.1, 0.15) is 18.0 Å². The van der Waals surface area contributed by atoms with Gasteiger partial charge in [-0.05, 0) is 29.8 Å². The molecule has 0 saturated carbocycles. The minimum atomic E-state index is -1.27. The van der Waals surface area contributed by atoms with Crippen molar-refractivity contribution in [1.82, 2.24) is 4.90 Å². The number of imide groups is 1. The van der Waals surface area contributed by atoms with E-state index in [-0.39, 0.29) is 11.1 Å². The van der Waals surface area contributed by atoms with Gasteiger partial charge in [0.05, 0.1) is 14.2 Å². The average molecular weight is 367 g/mol. The quantitative estimate of drug-likeness (QED) is 0.644. The van der Waals surface area contributed by atoms with Gasteiger partial charge < -0.3 is 14.6 Å². The molecule has 0 bridgehead atoms. The predicted octanol–water partition coefficient (Wildman–Crippen LogP) is 2.31. The van der Waals surface area contributed by atoms with Gasteiger partial charge in [-0.2, -0.15) is 0 Å². The number of hydrogen-bond acceptors (Lipinski definition) is 5. The molecule has 0 atom stereocenters. The first-order valence-electron chi connectivity index (χ1n) is 8.07. The smallest absolute Gasteiger partial charge is 0.323 e. The summed E-state index contributed by atoms with van der Waals surface area (Å²) < 4.78 is 10.5. The van der Waals surface area contributed by atoms with Gasteiger partial charge in [-0.25, -0.2) is 0 Å². The van der Waals surface area contributed by atoms with Crippen LogP contribution in [0.3, 0.4) is 0 Å². The summed E-state index contributed by atoms with van der Waals surface area (Å²) in [6.45, 7) is -0.705. The second-order valence-electron chi connectivity index (χ2n) is 5.80. The molecule has 0 spiro atoms. The highest BCUT2D eigenvalue weighted by Crippen LogP contribution is 2.33. The molecule has 3 rings (SSSR count). The van der Waals surface area contributed by atoms with E-state index in [4.69, 9.17) is 14.6 Å². The normalized spacial score (nSPS) is 14.9. The minimum Gasteiger partial charge on any atom is -0.497 e. The maximum absolute atomic E-state index is 12.9. The largest absolute Gasteiger partial charge is 0.497 e. The van der Waals surface area contributed by atoms with Crippen LogP contribution in [0.25, 0.3) is 11.6 Å². The topological polar surface area (TPSA) is 93.1 Å². The molecular weight excluding hydrogens is 350 g/mol. The number of nitrogens with zero attached hydrogens (tertiary/aromatic N) is 1. The summed E-state index contributed by atoms with van der Waals surface area (Å²) >= 11 is 0. The maximum atomic E-state index is 12.9. The Morgan fingerprint density at radius 1 is 1.04 bits per heavy atom.